The van der Waals surface area contributed by atoms with Crippen LogP contribution in [-0.2, 0) is 6.42 Å². The molecule has 78 valence electrons. The molecule has 1 aromatic heterocycles. The first-order valence-corrected chi connectivity index (χ1v) is 4.47. The molecule has 0 fully saturated rings. The summed E-state index contributed by atoms with van der Waals surface area (Å²) in [5.41, 5.74) is 4.43. The Morgan fingerprint density at radius 1 is 1.36 bits per heavy atom. The van der Waals surface area contributed by atoms with Gasteiger partial charge in [0.05, 0.1) is 0 Å². The standard InChI is InChI=1S/C8H12ClN3O2/c1-8(2,10)3-4-5(9)6(13)12-7(14)11-4/h3,10H2,1-2H3,(H2,11,12,13,14). The first-order valence-electron chi connectivity index (χ1n) is 4.09. The molecule has 5 nitrogen and oxygen atoms in total. The van der Waals surface area contributed by atoms with Gasteiger partial charge >= 0.3 is 5.69 Å². The minimum Gasteiger partial charge on any atom is -0.325 e. The van der Waals surface area contributed by atoms with Crippen molar-refractivity contribution in [2.75, 3.05) is 0 Å². The summed E-state index contributed by atoms with van der Waals surface area (Å²) in [6.07, 6.45) is 0.338. The monoisotopic (exact) mass is 217 g/mol. The number of nitrogens with one attached hydrogen (secondary N) is 2. The number of H-pyrrole nitrogens is 2. The quantitative estimate of drug-likeness (QED) is 0.651. The Morgan fingerprint density at radius 2 is 1.93 bits per heavy atom. The summed E-state index contributed by atoms with van der Waals surface area (Å²) in [7, 11) is 0. The van der Waals surface area contributed by atoms with Crippen LogP contribution in [0.2, 0.25) is 5.02 Å². The summed E-state index contributed by atoms with van der Waals surface area (Å²) < 4.78 is 0. The lowest BCUT2D eigenvalue weighted by Crippen LogP contribution is -2.37. The molecular formula is C8H12ClN3O2. The second kappa shape index (κ2) is 3.59. The summed E-state index contributed by atoms with van der Waals surface area (Å²) in [4.78, 5) is 26.5. The number of halogens is 1. The molecule has 1 heterocycles. The van der Waals surface area contributed by atoms with Crippen molar-refractivity contribution in [2.45, 2.75) is 25.8 Å². The van der Waals surface area contributed by atoms with Crippen LogP contribution in [0.15, 0.2) is 9.59 Å². The molecule has 0 aromatic carbocycles. The van der Waals surface area contributed by atoms with Gasteiger partial charge in [0.15, 0.2) is 0 Å². The van der Waals surface area contributed by atoms with Crippen LogP contribution in [0.25, 0.3) is 0 Å². The van der Waals surface area contributed by atoms with E-state index >= 15 is 0 Å². The summed E-state index contributed by atoms with van der Waals surface area (Å²) in [6, 6.07) is 0. The molecule has 0 amide bonds. The van der Waals surface area contributed by atoms with E-state index in [9.17, 15) is 9.59 Å². The second-order valence-electron chi connectivity index (χ2n) is 3.87. The van der Waals surface area contributed by atoms with Gasteiger partial charge in [0, 0.05) is 17.7 Å². The minimum atomic E-state index is -0.588. The highest BCUT2D eigenvalue weighted by molar-refractivity contribution is 6.30. The van der Waals surface area contributed by atoms with Crippen molar-refractivity contribution in [3.8, 4) is 0 Å². The fraction of sp³-hybridized carbons (Fsp3) is 0.500. The van der Waals surface area contributed by atoms with Crippen molar-refractivity contribution >= 4 is 11.6 Å². The van der Waals surface area contributed by atoms with Gasteiger partial charge in [-0.2, -0.15) is 0 Å². The SMILES string of the molecule is CC(C)(N)Cc1[nH]c(=O)[nH]c(=O)c1Cl. The molecule has 0 aliphatic rings. The molecular weight excluding hydrogens is 206 g/mol. The molecule has 0 saturated carbocycles. The van der Waals surface area contributed by atoms with E-state index < -0.39 is 16.8 Å². The van der Waals surface area contributed by atoms with Crippen LogP contribution in [0.1, 0.15) is 19.5 Å². The third-order valence-corrected chi connectivity index (χ3v) is 1.99. The Bertz CT molecular complexity index is 441. The number of aromatic nitrogens is 2. The van der Waals surface area contributed by atoms with Gasteiger partial charge in [0.1, 0.15) is 5.02 Å². The van der Waals surface area contributed by atoms with E-state index in [1.807, 2.05) is 4.98 Å². The van der Waals surface area contributed by atoms with Crippen molar-refractivity contribution in [1.29, 1.82) is 0 Å². The topological polar surface area (TPSA) is 91.7 Å². The normalized spacial score (nSPS) is 11.7. The van der Waals surface area contributed by atoms with Crippen molar-refractivity contribution in [2.24, 2.45) is 5.73 Å². The molecule has 0 unspecified atom stereocenters. The maximum absolute atomic E-state index is 11.1. The van der Waals surface area contributed by atoms with Crippen LogP contribution in [0.3, 0.4) is 0 Å². The molecule has 0 aliphatic heterocycles. The van der Waals surface area contributed by atoms with E-state index in [0.29, 0.717) is 12.1 Å². The average Bonchev–Trinajstić information content (AvgIpc) is 1.96. The molecule has 4 N–H and O–H groups in total. The number of aromatic amines is 2. The van der Waals surface area contributed by atoms with E-state index in [1.165, 1.54) is 0 Å². The Morgan fingerprint density at radius 3 is 2.43 bits per heavy atom. The van der Waals surface area contributed by atoms with Crippen LogP contribution >= 0.6 is 11.6 Å². The largest absolute Gasteiger partial charge is 0.325 e. The third kappa shape index (κ3) is 2.71. The fourth-order valence-electron chi connectivity index (χ4n) is 1.10. The highest BCUT2D eigenvalue weighted by atomic mass is 35.5. The zero-order valence-electron chi connectivity index (χ0n) is 7.98. The van der Waals surface area contributed by atoms with Gasteiger partial charge in [-0.1, -0.05) is 11.6 Å². The van der Waals surface area contributed by atoms with Crippen LogP contribution in [-0.4, -0.2) is 15.5 Å². The van der Waals surface area contributed by atoms with E-state index in [1.54, 1.807) is 13.8 Å². The lowest BCUT2D eigenvalue weighted by atomic mass is 10.00. The Kier molecular flexibility index (Phi) is 2.82. The molecule has 0 radical (unpaired) electrons. The van der Waals surface area contributed by atoms with E-state index in [0.717, 1.165) is 0 Å². The number of rotatable bonds is 2. The van der Waals surface area contributed by atoms with Gasteiger partial charge < -0.3 is 10.7 Å². The lowest BCUT2D eigenvalue weighted by Gasteiger charge is -2.18. The first-order chi connectivity index (χ1) is 6.29. The molecule has 0 spiro atoms. The van der Waals surface area contributed by atoms with Crippen LogP contribution < -0.4 is 17.0 Å². The van der Waals surface area contributed by atoms with Crippen molar-refractivity contribution < 1.29 is 0 Å². The number of hydrogen-bond acceptors (Lipinski definition) is 3. The molecule has 0 aliphatic carbocycles. The van der Waals surface area contributed by atoms with Gasteiger partial charge in [-0.25, -0.2) is 4.79 Å². The fourth-order valence-corrected chi connectivity index (χ4v) is 1.26. The maximum Gasteiger partial charge on any atom is 0.325 e. The highest BCUT2D eigenvalue weighted by Gasteiger charge is 2.16. The minimum absolute atomic E-state index is 0.0110. The zero-order valence-corrected chi connectivity index (χ0v) is 8.73. The number of nitrogens with two attached hydrogens (primary N) is 1. The van der Waals surface area contributed by atoms with Crippen molar-refractivity contribution in [3.05, 3.63) is 31.6 Å². The Balaban J connectivity index is 3.22. The summed E-state index contributed by atoms with van der Waals surface area (Å²) in [6.45, 7) is 3.56. The Labute approximate surface area is 85.3 Å². The van der Waals surface area contributed by atoms with Gasteiger partial charge in [0.2, 0.25) is 0 Å². The van der Waals surface area contributed by atoms with E-state index in [4.69, 9.17) is 17.3 Å². The molecule has 6 heteroatoms. The summed E-state index contributed by atoms with van der Waals surface area (Å²) >= 11 is 5.70. The first kappa shape index (κ1) is 11.0. The Hall–Kier alpha value is -1.07. The highest BCUT2D eigenvalue weighted by Crippen LogP contribution is 2.12. The molecule has 1 rings (SSSR count). The molecule has 0 saturated heterocycles. The number of hydrogen-bond donors (Lipinski definition) is 3. The molecule has 0 atom stereocenters. The van der Waals surface area contributed by atoms with E-state index in [2.05, 4.69) is 4.98 Å². The predicted octanol–water partition coefficient (Wildman–Crippen LogP) is -0.00360. The molecule has 14 heavy (non-hydrogen) atoms. The summed E-state index contributed by atoms with van der Waals surface area (Å²) in [5.74, 6) is 0. The lowest BCUT2D eigenvalue weighted by molar-refractivity contribution is 0.508. The smallest absolute Gasteiger partial charge is 0.325 e. The van der Waals surface area contributed by atoms with Crippen LogP contribution in [0.4, 0.5) is 0 Å². The van der Waals surface area contributed by atoms with Crippen molar-refractivity contribution in [1.82, 2.24) is 9.97 Å². The van der Waals surface area contributed by atoms with Crippen LogP contribution in [0, 0.1) is 0 Å². The third-order valence-electron chi connectivity index (χ3n) is 1.59. The average molecular weight is 218 g/mol. The zero-order chi connectivity index (χ0) is 10.9. The predicted molar refractivity (Wildman–Crippen MR) is 54.7 cm³/mol. The summed E-state index contributed by atoms with van der Waals surface area (Å²) in [5, 5.41) is -0.0110. The van der Waals surface area contributed by atoms with Gasteiger partial charge in [-0.05, 0) is 13.8 Å². The molecule has 0 bridgehead atoms. The van der Waals surface area contributed by atoms with Gasteiger partial charge in [-0.3, -0.25) is 9.78 Å². The maximum atomic E-state index is 11.1. The van der Waals surface area contributed by atoms with Crippen molar-refractivity contribution in [3.63, 3.8) is 0 Å². The second-order valence-corrected chi connectivity index (χ2v) is 4.24. The van der Waals surface area contributed by atoms with Gasteiger partial charge in [-0.15, -0.1) is 0 Å². The molecule has 1 aromatic rings. The van der Waals surface area contributed by atoms with Gasteiger partial charge in [0.25, 0.3) is 5.56 Å². The van der Waals surface area contributed by atoms with E-state index in [-0.39, 0.29) is 5.02 Å². The van der Waals surface area contributed by atoms with Crippen LogP contribution in [0.5, 0.6) is 0 Å².